The molecule has 0 saturated carbocycles. The van der Waals surface area contributed by atoms with Gasteiger partial charge in [-0.1, -0.05) is 13.3 Å². The number of hydrogen-bond donors (Lipinski definition) is 0. The van der Waals surface area contributed by atoms with E-state index in [4.69, 9.17) is 0 Å². The Morgan fingerprint density at radius 3 is 1.67 bits per heavy atom. The van der Waals surface area contributed by atoms with Gasteiger partial charge in [-0.3, -0.25) is 0 Å². The van der Waals surface area contributed by atoms with Gasteiger partial charge in [-0.05, 0) is 27.1 Å². The molecule has 0 aliphatic rings. The van der Waals surface area contributed by atoms with E-state index in [9.17, 15) is 0 Å². The number of nitrogens with zero attached hydrogens (tertiary/aromatic N) is 1. The van der Waals surface area contributed by atoms with E-state index in [0.717, 1.165) is 0 Å². The summed E-state index contributed by atoms with van der Waals surface area (Å²) in [5.41, 5.74) is 0. The standard InChI is InChI=1S/C6H15N.2ClH/c1-4-5-6-7(2)3;;/h4-6H2,1-3H3;2*1H. The predicted octanol–water partition coefficient (Wildman–Crippen LogP) is 2.19. The topological polar surface area (TPSA) is 3.24 Å². The molecule has 0 aromatic rings. The Labute approximate surface area is 70.6 Å². The van der Waals surface area contributed by atoms with Gasteiger partial charge in [0, 0.05) is 0 Å². The third-order valence-corrected chi connectivity index (χ3v) is 0.959. The van der Waals surface area contributed by atoms with Crippen molar-refractivity contribution in [3.63, 3.8) is 0 Å². The summed E-state index contributed by atoms with van der Waals surface area (Å²) in [6.45, 7) is 3.44. The molecule has 0 heterocycles. The fraction of sp³-hybridized carbons (Fsp3) is 1.00. The van der Waals surface area contributed by atoms with Crippen molar-refractivity contribution < 1.29 is 0 Å². The molecule has 0 saturated heterocycles. The lowest BCUT2D eigenvalue weighted by atomic mass is 10.3. The van der Waals surface area contributed by atoms with Crippen LogP contribution in [0.3, 0.4) is 0 Å². The van der Waals surface area contributed by atoms with E-state index in [1.54, 1.807) is 0 Å². The van der Waals surface area contributed by atoms with E-state index < -0.39 is 0 Å². The van der Waals surface area contributed by atoms with Crippen LogP contribution >= 0.6 is 24.8 Å². The first-order chi connectivity index (χ1) is 3.27. The highest BCUT2D eigenvalue weighted by Crippen LogP contribution is 1.86. The van der Waals surface area contributed by atoms with E-state index in [1.165, 1.54) is 19.4 Å². The molecule has 0 aliphatic carbocycles. The molecule has 9 heavy (non-hydrogen) atoms. The molecule has 3 heteroatoms. The third-order valence-electron chi connectivity index (χ3n) is 0.959. The fourth-order valence-electron chi connectivity index (χ4n) is 0.474. The van der Waals surface area contributed by atoms with Crippen LogP contribution in [0.5, 0.6) is 0 Å². The predicted molar refractivity (Wildman–Crippen MR) is 48.0 cm³/mol. The molecule has 1 nitrogen and oxygen atoms in total. The van der Waals surface area contributed by atoms with E-state index in [0.29, 0.717) is 0 Å². The first kappa shape index (κ1) is 16.3. The van der Waals surface area contributed by atoms with Crippen molar-refractivity contribution in [1.82, 2.24) is 4.90 Å². The molecule has 0 radical (unpaired) electrons. The molecule has 0 atom stereocenters. The molecule has 0 spiro atoms. The number of unbranched alkanes of at least 4 members (excludes halogenated alkanes) is 1. The maximum absolute atomic E-state index is 2.21. The zero-order valence-corrected chi connectivity index (χ0v) is 8.02. The molecule has 0 aromatic heterocycles. The van der Waals surface area contributed by atoms with Gasteiger partial charge >= 0.3 is 0 Å². The summed E-state index contributed by atoms with van der Waals surface area (Å²) in [5.74, 6) is 0. The molecular formula is C6H17Cl2N. The Morgan fingerprint density at radius 2 is 1.56 bits per heavy atom. The minimum atomic E-state index is 0. The van der Waals surface area contributed by atoms with Gasteiger partial charge in [0.25, 0.3) is 0 Å². The number of halogens is 2. The second-order valence-electron chi connectivity index (χ2n) is 2.16. The van der Waals surface area contributed by atoms with Crippen molar-refractivity contribution in [2.45, 2.75) is 19.8 Å². The quantitative estimate of drug-likeness (QED) is 0.633. The van der Waals surface area contributed by atoms with Gasteiger partial charge < -0.3 is 4.90 Å². The molecule has 0 N–H and O–H groups in total. The van der Waals surface area contributed by atoms with Crippen molar-refractivity contribution >= 4 is 24.8 Å². The van der Waals surface area contributed by atoms with Gasteiger partial charge in [-0.15, -0.1) is 24.8 Å². The van der Waals surface area contributed by atoms with E-state index in [2.05, 4.69) is 25.9 Å². The van der Waals surface area contributed by atoms with Gasteiger partial charge in [-0.2, -0.15) is 0 Å². The summed E-state index contributed by atoms with van der Waals surface area (Å²) in [6, 6.07) is 0. The number of rotatable bonds is 3. The lowest BCUT2D eigenvalue weighted by molar-refractivity contribution is 0.398. The maximum atomic E-state index is 2.21. The van der Waals surface area contributed by atoms with Crippen molar-refractivity contribution in [3.05, 3.63) is 0 Å². The van der Waals surface area contributed by atoms with Gasteiger partial charge in [0.2, 0.25) is 0 Å². The summed E-state index contributed by atoms with van der Waals surface area (Å²) in [6.07, 6.45) is 2.63. The van der Waals surface area contributed by atoms with Gasteiger partial charge in [0.1, 0.15) is 0 Å². The minimum Gasteiger partial charge on any atom is -0.309 e. The Balaban J connectivity index is -0.000000180. The van der Waals surface area contributed by atoms with Crippen molar-refractivity contribution in [1.29, 1.82) is 0 Å². The SMILES string of the molecule is CCCCN(C)C.Cl.Cl. The highest BCUT2D eigenvalue weighted by Gasteiger charge is 1.83. The average Bonchev–Trinajstić information content (AvgIpc) is 1.61. The van der Waals surface area contributed by atoms with Crippen LogP contribution in [0.1, 0.15) is 19.8 Å². The second-order valence-corrected chi connectivity index (χ2v) is 2.16. The van der Waals surface area contributed by atoms with Gasteiger partial charge in [0.05, 0.1) is 0 Å². The minimum absolute atomic E-state index is 0. The third kappa shape index (κ3) is 17.7. The molecule has 0 aliphatic heterocycles. The fourth-order valence-corrected chi connectivity index (χ4v) is 0.474. The van der Waals surface area contributed by atoms with Gasteiger partial charge in [0.15, 0.2) is 0 Å². The maximum Gasteiger partial charge on any atom is -0.00249 e. The average molecular weight is 174 g/mol. The first-order valence-corrected chi connectivity index (χ1v) is 2.92. The smallest absolute Gasteiger partial charge is 0.00249 e. The van der Waals surface area contributed by atoms with Crippen LogP contribution < -0.4 is 0 Å². The molecule has 0 rings (SSSR count). The summed E-state index contributed by atoms with van der Waals surface area (Å²) in [7, 11) is 4.21. The zero-order chi connectivity index (χ0) is 5.70. The largest absolute Gasteiger partial charge is 0.309 e. The van der Waals surface area contributed by atoms with Crippen LogP contribution in [0.25, 0.3) is 0 Å². The Bertz CT molecular complexity index is 40.0. The van der Waals surface area contributed by atoms with Crippen molar-refractivity contribution in [3.8, 4) is 0 Å². The lowest BCUT2D eigenvalue weighted by Crippen LogP contribution is -2.12. The van der Waals surface area contributed by atoms with Crippen LogP contribution in [0, 0.1) is 0 Å². The Kier molecular flexibility index (Phi) is 20.5. The summed E-state index contributed by atoms with van der Waals surface area (Å²) in [4.78, 5) is 2.21. The molecule has 0 bridgehead atoms. The molecule has 0 unspecified atom stereocenters. The summed E-state index contributed by atoms with van der Waals surface area (Å²) >= 11 is 0. The molecule has 0 amide bonds. The lowest BCUT2D eigenvalue weighted by Gasteiger charge is -2.05. The first-order valence-electron chi connectivity index (χ1n) is 2.92. The molecule has 60 valence electrons. The normalized spacial score (nSPS) is 8.00. The van der Waals surface area contributed by atoms with Gasteiger partial charge in [-0.25, -0.2) is 0 Å². The monoisotopic (exact) mass is 173 g/mol. The second kappa shape index (κ2) is 11.4. The number of hydrogen-bond acceptors (Lipinski definition) is 1. The van der Waals surface area contributed by atoms with Crippen LogP contribution in [0.2, 0.25) is 0 Å². The highest BCUT2D eigenvalue weighted by molar-refractivity contribution is 5.85. The molecule has 0 aromatic carbocycles. The molecule has 0 fully saturated rings. The van der Waals surface area contributed by atoms with Crippen LogP contribution in [0.15, 0.2) is 0 Å². The van der Waals surface area contributed by atoms with Crippen LogP contribution in [-0.2, 0) is 0 Å². The Hall–Kier alpha value is 0.540. The van der Waals surface area contributed by atoms with E-state index in [-0.39, 0.29) is 24.8 Å². The van der Waals surface area contributed by atoms with E-state index in [1.807, 2.05) is 0 Å². The highest BCUT2D eigenvalue weighted by atomic mass is 35.5. The summed E-state index contributed by atoms with van der Waals surface area (Å²) < 4.78 is 0. The zero-order valence-electron chi connectivity index (χ0n) is 6.39. The van der Waals surface area contributed by atoms with Crippen LogP contribution in [0.4, 0.5) is 0 Å². The Morgan fingerprint density at radius 1 is 1.11 bits per heavy atom. The van der Waals surface area contributed by atoms with Crippen LogP contribution in [-0.4, -0.2) is 25.5 Å². The van der Waals surface area contributed by atoms with E-state index >= 15 is 0 Å². The molecular weight excluding hydrogens is 157 g/mol. The van der Waals surface area contributed by atoms with Crippen molar-refractivity contribution in [2.75, 3.05) is 20.6 Å². The summed E-state index contributed by atoms with van der Waals surface area (Å²) in [5, 5.41) is 0. The van der Waals surface area contributed by atoms with Crippen molar-refractivity contribution in [2.24, 2.45) is 0 Å².